The number of hydrogen-bond donors (Lipinski definition) is 10. The van der Waals surface area contributed by atoms with Gasteiger partial charge in [0.2, 0.25) is 0 Å². The monoisotopic (exact) mass is 2050 g/mol. The molecule has 6 saturated heterocycles. The number of thioether (sulfide) groups is 4. The van der Waals surface area contributed by atoms with Crippen molar-refractivity contribution in [2.75, 3.05) is 140 Å². The molecule has 6 aromatic heterocycles. The number of nitrogens with zero attached hydrogens (tertiary/aromatic N) is 6. The molecule has 24 nitrogen and oxygen atoms in total. The predicted molar refractivity (Wildman–Crippen MR) is 601 cm³/mol. The van der Waals surface area contributed by atoms with Crippen LogP contribution in [0.5, 0.6) is 0 Å². The molecule has 6 aliphatic heterocycles. The first-order chi connectivity index (χ1) is 70.6. The first kappa shape index (κ1) is 105. The van der Waals surface area contributed by atoms with Crippen LogP contribution in [0.4, 0.5) is 9.59 Å². The van der Waals surface area contributed by atoms with Gasteiger partial charge in [0.1, 0.15) is 34.7 Å². The molecule has 28 heteroatoms. The number of urea groups is 2. The number of Topliss-reactive ketones (excluding diaryl/α,β-unsaturated/α-hetero) is 6. The van der Waals surface area contributed by atoms with E-state index in [2.05, 4.69) is 245 Å². The molecular weight excluding hydrogens is 1900 g/mol. The second-order valence-electron chi connectivity index (χ2n) is 44.7. The molecule has 18 atom stereocenters. The number of likely N-dealkylation sites (tertiary alicyclic amines) is 4. The molecular formula is C118H152N16O8S4. The number of amides is 4. The van der Waals surface area contributed by atoms with Crippen molar-refractivity contribution in [1.29, 1.82) is 0 Å². The van der Waals surface area contributed by atoms with Crippen molar-refractivity contribution in [3.8, 4) is 0 Å². The summed E-state index contributed by atoms with van der Waals surface area (Å²) in [7, 11) is 7.86. The van der Waals surface area contributed by atoms with E-state index in [0.717, 1.165) is 87.7 Å². The van der Waals surface area contributed by atoms with E-state index < -0.39 is 0 Å². The highest BCUT2D eigenvalue weighted by Gasteiger charge is 2.47. The lowest BCUT2D eigenvalue weighted by Gasteiger charge is -2.47. The number of rotatable bonds is 26. The Labute approximate surface area is 877 Å². The Kier molecular flexibility index (Phi) is 33.6. The quantitative estimate of drug-likeness (QED) is 0.0241. The number of benzene rings is 6. The number of nitrogens with one attached hydrogen (secondary N) is 10. The minimum atomic E-state index is -0.184. The third kappa shape index (κ3) is 23.3. The minimum Gasteiger partial charge on any atom is -0.361 e. The number of fused-ring (bicyclic) bond motifs is 12. The van der Waals surface area contributed by atoms with Gasteiger partial charge in [-0.3, -0.25) is 38.6 Å². The third-order valence-corrected chi connectivity index (χ3v) is 38.8. The summed E-state index contributed by atoms with van der Waals surface area (Å²) < 4.78 is 0. The number of likely N-dealkylation sites (N-methyl/N-ethyl adjacent to an activating group) is 4. The summed E-state index contributed by atoms with van der Waals surface area (Å²) in [5.41, 5.74) is 25.1. The van der Waals surface area contributed by atoms with Crippen molar-refractivity contribution in [2.45, 2.75) is 229 Å². The van der Waals surface area contributed by atoms with Gasteiger partial charge in [-0.05, 0) is 308 Å². The Balaban J connectivity index is 0.000000111. The molecule has 12 heterocycles. The van der Waals surface area contributed by atoms with Crippen molar-refractivity contribution < 1.29 is 38.4 Å². The predicted octanol–water partition coefficient (Wildman–Crippen LogP) is 18.9. The second-order valence-corrected chi connectivity index (χ2v) is 48.8. The van der Waals surface area contributed by atoms with Crippen LogP contribution >= 0.6 is 47.0 Å². The normalized spacial score (nSPS) is 25.9. The summed E-state index contributed by atoms with van der Waals surface area (Å²) in [6.07, 6.45) is 29.1. The summed E-state index contributed by atoms with van der Waals surface area (Å²) in [4.78, 5) is 126. The highest BCUT2D eigenvalue weighted by Crippen LogP contribution is 2.52. The van der Waals surface area contributed by atoms with Gasteiger partial charge in [-0.1, -0.05) is 86.6 Å². The van der Waals surface area contributed by atoms with Gasteiger partial charge in [-0.15, -0.1) is 0 Å². The van der Waals surface area contributed by atoms with E-state index in [1.54, 1.807) is 76.4 Å². The van der Waals surface area contributed by atoms with Gasteiger partial charge in [0, 0.05) is 240 Å². The standard InChI is InChI=1S/2C21H28N2OS.2C19H24N4O2.2C19H24N2OS/c2*1-3-7-23-11-15(13-25-12-14(2)24)8-18-17-5-4-6-19-21(17)16(10-22-19)9-20(18)23;2*1-11(24)10-23(2)19(25)22-13-7-15-14-4-3-5-16-18(14)12(8-20-16)6-17(15)21-9-13;2*1-12(22)10-23-11-13-6-16-15-4-3-5-17-19(15)14(8-20-17)7-18(16)21(2)9-13/h2*4-6,10,15,18,20,22H,3,7-9,11-13H2,1-2H3;2*3-5,8,13,15,17,20-21H,6-7,9-10H2,1-2H3,(H,22,25);2*3-5,8,13,16,18,20H,6-7,9-11H2,1-2H3/t2*15-,18-,20-;2*13-,15+,17+;2*13-,16-,18-/m110011/s1. The molecule has 6 aromatic carbocycles. The molecule has 12 aromatic rings. The number of piperidine rings is 6. The summed E-state index contributed by atoms with van der Waals surface area (Å²) in [5, 5.41) is 22.0. The topological polar surface area (TPSA) is 299 Å². The van der Waals surface area contributed by atoms with Crippen molar-refractivity contribution in [3.05, 3.63) is 213 Å². The van der Waals surface area contributed by atoms with Crippen LogP contribution in [0, 0.1) is 23.7 Å². The Morgan fingerprint density at radius 1 is 0.329 bits per heavy atom. The van der Waals surface area contributed by atoms with E-state index >= 15 is 0 Å². The molecule has 776 valence electrons. The van der Waals surface area contributed by atoms with Gasteiger partial charge < -0.3 is 70.8 Å². The molecule has 12 aliphatic rings. The number of carbonyl (C=O) groups is 8. The van der Waals surface area contributed by atoms with E-state index in [0.29, 0.717) is 130 Å². The smallest absolute Gasteiger partial charge is 0.317 e. The summed E-state index contributed by atoms with van der Waals surface area (Å²) in [6.45, 7) is 23.2. The van der Waals surface area contributed by atoms with Gasteiger partial charge in [-0.2, -0.15) is 47.0 Å². The first-order valence-corrected chi connectivity index (χ1v) is 58.5. The van der Waals surface area contributed by atoms with Crippen LogP contribution in [0.2, 0.25) is 0 Å². The van der Waals surface area contributed by atoms with Crippen LogP contribution in [-0.4, -0.2) is 294 Å². The fraction of sp³-hybridized carbons (Fsp3) is 0.525. The maximum Gasteiger partial charge on any atom is 0.317 e. The Hall–Kier alpha value is -9.72. The molecule has 6 aliphatic carbocycles. The number of hydrogen-bond acceptors (Lipinski definition) is 18. The molecule has 0 spiro atoms. The first-order valence-electron chi connectivity index (χ1n) is 53.9. The van der Waals surface area contributed by atoms with E-state index in [1.807, 2.05) is 23.5 Å². The van der Waals surface area contributed by atoms with E-state index in [9.17, 15) is 38.4 Å². The fourth-order valence-corrected chi connectivity index (χ4v) is 31.6. The van der Waals surface area contributed by atoms with Crippen molar-refractivity contribution in [2.24, 2.45) is 23.7 Å². The summed E-state index contributed by atoms with van der Waals surface area (Å²) in [6, 6.07) is 42.9. The van der Waals surface area contributed by atoms with Crippen LogP contribution < -0.4 is 21.3 Å². The zero-order valence-electron chi connectivity index (χ0n) is 87.5. The number of ketones is 6. The zero-order valence-corrected chi connectivity index (χ0v) is 90.7. The summed E-state index contributed by atoms with van der Waals surface area (Å²) in [5.74, 6) is 14.2. The van der Waals surface area contributed by atoms with Gasteiger partial charge in [0.25, 0.3) is 0 Å². The van der Waals surface area contributed by atoms with Crippen LogP contribution in [-0.2, 0) is 67.3 Å². The number of aromatic amines is 6. The highest BCUT2D eigenvalue weighted by atomic mass is 32.2. The van der Waals surface area contributed by atoms with Crippen molar-refractivity contribution in [1.82, 2.24) is 80.6 Å². The molecule has 0 saturated carbocycles. The lowest BCUT2D eigenvalue weighted by Crippen LogP contribution is -2.56. The second kappa shape index (κ2) is 46.8. The molecule has 24 rings (SSSR count). The van der Waals surface area contributed by atoms with E-state index in [-0.39, 0.29) is 60.4 Å². The Morgan fingerprint density at radius 2 is 0.582 bits per heavy atom. The third-order valence-electron chi connectivity index (χ3n) is 33.5. The molecule has 146 heavy (non-hydrogen) atoms. The van der Waals surface area contributed by atoms with Crippen molar-refractivity contribution >= 4 is 159 Å². The highest BCUT2D eigenvalue weighted by molar-refractivity contribution is 8.00. The number of H-pyrrole nitrogens is 6. The molecule has 0 bridgehead atoms. The minimum absolute atomic E-state index is 0.0153. The van der Waals surface area contributed by atoms with Gasteiger partial charge >= 0.3 is 12.1 Å². The molecule has 6 fully saturated rings. The number of carbonyl (C=O) groups excluding carboxylic acids is 8. The maximum absolute atomic E-state index is 12.3. The summed E-state index contributed by atoms with van der Waals surface area (Å²) >= 11 is 7.26. The van der Waals surface area contributed by atoms with Crippen LogP contribution in [0.25, 0.3) is 65.4 Å². The van der Waals surface area contributed by atoms with Gasteiger partial charge in [0.15, 0.2) is 0 Å². The average Bonchev–Trinajstić information content (AvgIpc) is 1.67. The largest absolute Gasteiger partial charge is 0.361 e. The molecule has 10 N–H and O–H groups in total. The molecule has 4 amide bonds. The zero-order chi connectivity index (χ0) is 102. The fourth-order valence-electron chi connectivity index (χ4n) is 27.6. The molecule has 0 radical (unpaired) electrons. The lowest BCUT2D eigenvalue weighted by molar-refractivity contribution is -0.118. The van der Waals surface area contributed by atoms with Crippen molar-refractivity contribution in [3.63, 3.8) is 0 Å². The van der Waals surface area contributed by atoms with Crippen LogP contribution in [0.3, 0.4) is 0 Å². The van der Waals surface area contributed by atoms with E-state index in [1.165, 1.54) is 222 Å². The van der Waals surface area contributed by atoms with Gasteiger partial charge in [-0.25, -0.2) is 9.59 Å². The maximum atomic E-state index is 12.3. The average molecular weight is 2050 g/mol. The van der Waals surface area contributed by atoms with Gasteiger partial charge in [0.05, 0.1) is 36.1 Å². The Morgan fingerprint density at radius 3 is 0.849 bits per heavy atom. The molecule has 0 unspecified atom stereocenters. The SMILES string of the molecule is CC(=O)CN(C)C(=O)N[C@@H]1CN[C@@H]2Cc3c[nH]c4cccc(c34)[C@H]2C1.CC(=O)CN(C)C(=O)N[C@@H]1CN[C@@H]2Cc3c[nH]c4cccc(c34)[C@H]2C1.CC(=O)CSC[C@@H]1C[C@@H]2c3cccc4[nH]cc(c34)C[C@H]2N(C)C1.CC(=O)CSC[C@@H]1C[C@@H]2c3cccc4[nH]cc(c34)C[C@H]2N(C)C1.CCCN1C[C@H](CSCC(C)=O)C[C@@H]2c3cccc4[nH]cc(c34)C[C@H]21.CCCN1C[C@H](CSCC(C)=O)C[C@@H]2c3cccc4[nH]cc(c34)C[C@H]21. The Bertz CT molecular complexity index is 6320. The van der Waals surface area contributed by atoms with E-state index in [4.69, 9.17) is 0 Å². The number of aromatic nitrogens is 6. The van der Waals surface area contributed by atoms with Crippen LogP contribution in [0.15, 0.2) is 146 Å². The van der Waals surface area contributed by atoms with Crippen LogP contribution in [0.1, 0.15) is 209 Å². The lowest BCUT2D eigenvalue weighted by atomic mass is 9.72.